The summed E-state index contributed by atoms with van der Waals surface area (Å²) in [7, 11) is -0.944. The number of ether oxygens (including phenoxy) is 1. The Morgan fingerprint density at radius 3 is 2.33 bits per heavy atom. The minimum Gasteiger partial charge on any atom is -0.410 e. The van der Waals surface area contributed by atoms with E-state index in [1.807, 2.05) is 13.8 Å². The number of likely N-dealkylation sites (N-methyl/N-ethyl adjacent to an activating group) is 1. The fourth-order valence-corrected chi connectivity index (χ4v) is 3.57. The fourth-order valence-electron chi connectivity index (χ4n) is 2.32. The molecule has 0 aromatic carbocycles. The molecule has 6 nitrogen and oxygen atoms in total. The molecular weight excluding hydrogens is 288 g/mol. The largest absolute Gasteiger partial charge is 0.410 e. The number of rotatable bonds is 9. The van der Waals surface area contributed by atoms with E-state index in [1.165, 1.54) is 0 Å². The molecule has 21 heavy (non-hydrogen) atoms. The summed E-state index contributed by atoms with van der Waals surface area (Å²) < 4.78 is 5.45. The molecule has 0 aliphatic carbocycles. The number of hydrogen-bond donors (Lipinski definition) is 3. The summed E-state index contributed by atoms with van der Waals surface area (Å²) in [5, 5.41) is 9.94. The third kappa shape index (κ3) is 7.69. The smallest absolute Gasteiger partial charge is 0.335 e. The van der Waals surface area contributed by atoms with Gasteiger partial charge >= 0.3 is 8.56 Å². The summed E-state index contributed by atoms with van der Waals surface area (Å²) in [5.74, 6) is 0. The highest BCUT2D eigenvalue weighted by Gasteiger charge is 2.32. The van der Waals surface area contributed by atoms with Crippen LogP contribution in [0, 0.1) is 0 Å². The average Bonchev–Trinajstić information content (AvgIpc) is 2.40. The van der Waals surface area contributed by atoms with Crippen LogP contribution in [-0.4, -0.2) is 92.1 Å². The highest BCUT2D eigenvalue weighted by Crippen LogP contribution is 2.20. The lowest BCUT2D eigenvalue weighted by molar-refractivity contribution is 0.00879. The molecule has 0 aromatic heterocycles. The van der Waals surface area contributed by atoms with Gasteiger partial charge in [-0.05, 0) is 25.1 Å². The van der Waals surface area contributed by atoms with E-state index >= 15 is 0 Å². The Bertz CT molecular complexity index is 284. The molecule has 1 fully saturated rings. The summed E-state index contributed by atoms with van der Waals surface area (Å²) in [6, 6.07) is 0.430. The summed E-state index contributed by atoms with van der Waals surface area (Å²) in [4.78, 5) is 24.2. The van der Waals surface area contributed by atoms with E-state index in [9.17, 15) is 14.7 Å². The van der Waals surface area contributed by atoms with Crippen molar-refractivity contribution in [1.29, 1.82) is 0 Å². The molecule has 1 rings (SSSR count). The maximum Gasteiger partial charge on any atom is 0.335 e. The van der Waals surface area contributed by atoms with E-state index in [2.05, 4.69) is 16.8 Å². The zero-order chi connectivity index (χ0) is 15.9. The van der Waals surface area contributed by atoms with Crippen molar-refractivity contribution in [3.8, 4) is 0 Å². The van der Waals surface area contributed by atoms with Gasteiger partial charge in [-0.15, -0.1) is 0 Å². The first-order valence-electron chi connectivity index (χ1n) is 7.92. The van der Waals surface area contributed by atoms with Crippen LogP contribution in [0.4, 0.5) is 0 Å². The molecule has 0 amide bonds. The molecule has 0 saturated carbocycles. The maximum atomic E-state index is 9.94. The Morgan fingerprint density at radius 1 is 1.14 bits per heavy atom. The van der Waals surface area contributed by atoms with Gasteiger partial charge in [0.25, 0.3) is 0 Å². The van der Waals surface area contributed by atoms with Crippen LogP contribution >= 0.6 is 0 Å². The highest BCUT2D eigenvalue weighted by molar-refractivity contribution is 6.66. The van der Waals surface area contributed by atoms with Gasteiger partial charge in [-0.25, -0.2) is 0 Å². The normalized spacial score (nSPS) is 20.1. The van der Waals surface area contributed by atoms with Gasteiger partial charge in [-0.3, -0.25) is 4.90 Å². The van der Waals surface area contributed by atoms with Crippen LogP contribution in [0.5, 0.6) is 0 Å². The number of aliphatic hydroxyl groups is 1. The monoisotopic (exact) mass is 320 g/mol. The summed E-state index contributed by atoms with van der Waals surface area (Å²) in [6.45, 7) is 9.20. The fraction of sp³-hybridized carbons (Fsp3) is 1.00. The number of β-amino-alcohol motifs (C(OH)–C–C–N with tert-alkyl or cyclic N) is 1. The molecule has 1 saturated heterocycles. The second kappa shape index (κ2) is 9.19. The molecule has 0 radical (unpaired) electrons. The number of hydrogen-bond acceptors (Lipinski definition) is 6. The molecule has 1 aliphatic rings. The molecule has 0 bridgehead atoms. The zero-order valence-electron chi connectivity index (χ0n) is 13.7. The van der Waals surface area contributed by atoms with Crippen LogP contribution in [0.2, 0.25) is 11.6 Å². The van der Waals surface area contributed by atoms with Gasteiger partial charge in [-0.1, -0.05) is 13.8 Å². The lowest BCUT2D eigenvalue weighted by atomic mass is 10.3. The Balaban J connectivity index is 2.04. The second-order valence-electron chi connectivity index (χ2n) is 6.47. The van der Waals surface area contributed by atoms with E-state index in [-0.39, 0.29) is 5.54 Å². The van der Waals surface area contributed by atoms with Crippen molar-refractivity contribution in [2.75, 3.05) is 53.0 Å². The average molecular weight is 321 g/mol. The molecule has 1 unspecified atom stereocenters. The van der Waals surface area contributed by atoms with Crippen LogP contribution in [0.3, 0.4) is 0 Å². The van der Waals surface area contributed by atoms with E-state index < -0.39 is 14.7 Å². The van der Waals surface area contributed by atoms with Crippen molar-refractivity contribution in [2.24, 2.45) is 0 Å². The molecule has 0 spiro atoms. The molecule has 3 N–H and O–H groups in total. The highest BCUT2D eigenvalue weighted by atomic mass is 28.4. The van der Waals surface area contributed by atoms with Gasteiger partial charge < -0.3 is 24.3 Å². The van der Waals surface area contributed by atoms with Crippen molar-refractivity contribution in [1.82, 2.24) is 9.80 Å². The molecule has 0 aromatic rings. The van der Waals surface area contributed by atoms with E-state index in [0.29, 0.717) is 32.2 Å². The van der Waals surface area contributed by atoms with Crippen LogP contribution in [0.15, 0.2) is 0 Å². The number of aliphatic hydroxyl groups excluding tert-OH is 1. The minimum atomic E-state index is -3.05. The quantitative estimate of drug-likeness (QED) is 0.405. The van der Waals surface area contributed by atoms with Crippen molar-refractivity contribution in [2.45, 2.75) is 38.0 Å². The summed E-state index contributed by atoms with van der Waals surface area (Å²) in [5.41, 5.74) is -0.0553. The first-order chi connectivity index (χ1) is 9.81. The van der Waals surface area contributed by atoms with E-state index in [1.54, 1.807) is 0 Å². The molecular formula is C14H32N2O4Si. The Labute approximate surface area is 129 Å². The summed E-state index contributed by atoms with van der Waals surface area (Å²) in [6.07, 6.45) is 0.169. The number of piperazine rings is 1. The van der Waals surface area contributed by atoms with Crippen LogP contribution in [0.25, 0.3) is 0 Å². The van der Waals surface area contributed by atoms with Gasteiger partial charge in [0, 0.05) is 39.3 Å². The van der Waals surface area contributed by atoms with Gasteiger partial charge in [0.15, 0.2) is 0 Å². The van der Waals surface area contributed by atoms with Crippen LogP contribution in [-0.2, 0) is 4.74 Å². The van der Waals surface area contributed by atoms with Crippen LogP contribution < -0.4 is 0 Å². The van der Waals surface area contributed by atoms with Gasteiger partial charge in [0.1, 0.15) is 0 Å². The second-order valence-corrected chi connectivity index (χ2v) is 9.88. The topological polar surface area (TPSA) is 76.4 Å². The van der Waals surface area contributed by atoms with Gasteiger partial charge in [0.2, 0.25) is 0 Å². The van der Waals surface area contributed by atoms with E-state index in [4.69, 9.17) is 4.74 Å². The molecule has 7 heteroatoms. The molecule has 1 aliphatic heterocycles. The summed E-state index contributed by atoms with van der Waals surface area (Å²) >= 11 is 0. The van der Waals surface area contributed by atoms with Crippen molar-refractivity contribution >= 4 is 8.56 Å². The number of nitrogens with zero attached hydrogens (tertiary/aromatic N) is 2. The predicted octanol–water partition coefficient (Wildman–Crippen LogP) is -0.162. The molecule has 126 valence electrons. The Kier molecular flexibility index (Phi) is 8.33. The van der Waals surface area contributed by atoms with E-state index in [0.717, 1.165) is 26.2 Å². The predicted molar refractivity (Wildman–Crippen MR) is 85.5 cm³/mol. The van der Waals surface area contributed by atoms with Crippen molar-refractivity contribution in [3.63, 3.8) is 0 Å². The van der Waals surface area contributed by atoms with Crippen LogP contribution in [0.1, 0.15) is 20.3 Å². The Morgan fingerprint density at radius 2 is 1.76 bits per heavy atom. The minimum absolute atomic E-state index is 0.0553. The maximum absolute atomic E-state index is 9.94. The lowest BCUT2D eigenvalue weighted by Gasteiger charge is -2.33. The Hall–Kier alpha value is -0.0231. The van der Waals surface area contributed by atoms with Gasteiger partial charge in [0.05, 0.1) is 12.7 Å². The first-order valence-corrected chi connectivity index (χ1v) is 10.1. The standard InChI is InChI=1S/C14H32N2O4Si/c1-13(2)21(18,19)10-4-9-20-12-14(17)11-16-7-5-15(3)6-8-16/h13-14,17-19H,4-12H2,1-3H3. The van der Waals surface area contributed by atoms with Crippen molar-refractivity contribution < 1.29 is 19.4 Å². The third-order valence-electron chi connectivity index (χ3n) is 4.13. The molecule has 1 heterocycles. The lowest BCUT2D eigenvalue weighted by Crippen LogP contribution is -2.47. The zero-order valence-corrected chi connectivity index (χ0v) is 14.7. The SMILES string of the molecule is CC(C)[Si](O)(O)CCCOCC(O)CN1CCN(C)CC1. The molecule has 1 atom stereocenters. The first kappa shape index (κ1) is 19.0. The third-order valence-corrected chi connectivity index (χ3v) is 7.07. The van der Waals surface area contributed by atoms with Crippen molar-refractivity contribution in [3.05, 3.63) is 0 Å². The van der Waals surface area contributed by atoms with Gasteiger partial charge in [-0.2, -0.15) is 0 Å².